The number of nitrogens with one attached hydrogen (secondary N) is 2. The average molecular weight is 375 g/mol. The molecule has 2 N–H and O–H groups in total. The lowest BCUT2D eigenvalue weighted by Gasteiger charge is -2.10. The van der Waals surface area contributed by atoms with Gasteiger partial charge in [0, 0.05) is 31.7 Å². The van der Waals surface area contributed by atoms with E-state index in [1.165, 1.54) is 12.5 Å². The molecule has 3 aromatic heterocycles. The normalized spacial score (nSPS) is 10.5. The van der Waals surface area contributed by atoms with Crippen LogP contribution in [0.15, 0.2) is 43.4 Å². The van der Waals surface area contributed by atoms with Crippen LogP contribution < -0.4 is 10.6 Å². The Bertz CT molecular complexity index is 870. The highest BCUT2D eigenvalue weighted by Crippen LogP contribution is 2.30. The summed E-state index contributed by atoms with van der Waals surface area (Å²) in [6.07, 6.45) is 8.71. The Labute approximate surface area is 153 Å². The van der Waals surface area contributed by atoms with Crippen LogP contribution in [0, 0.1) is 10.1 Å². The van der Waals surface area contributed by atoms with Crippen molar-refractivity contribution in [2.75, 3.05) is 17.2 Å². The van der Waals surface area contributed by atoms with E-state index >= 15 is 0 Å². The molecule has 0 spiro atoms. The molecule has 0 amide bonds. The summed E-state index contributed by atoms with van der Waals surface area (Å²) in [4.78, 5) is 26.9. The van der Waals surface area contributed by atoms with E-state index < -0.39 is 4.92 Å². The highest BCUT2D eigenvalue weighted by Gasteiger charge is 2.23. The SMILES string of the molecule is O=[N+]([O-])c1c(NCCCn2ccnc2)ncnc1Nc1ccc(Cl)cn1. The van der Waals surface area contributed by atoms with Crippen molar-refractivity contribution >= 4 is 34.7 Å². The summed E-state index contributed by atoms with van der Waals surface area (Å²) < 4.78 is 1.93. The van der Waals surface area contributed by atoms with Crippen molar-refractivity contribution in [1.29, 1.82) is 0 Å². The van der Waals surface area contributed by atoms with Gasteiger partial charge in [0.1, 0.15) is 12.1 Å². The van der Waals surface area contributed by atoms with E-state index in [-0.39, 0.29) is 17.3 Å². The highest BCUT2D eigenvalue weighted by atomic mass is 35.5. The van der Waals surface area contributed by atoms with Crippen molar-refractivity contribution in [3.05, 3.63) is 58.5 Å². The van der Waals surface area contributed by atoms with Gasteiger partial charge in [0.25, 0.3) is 0 Å². The molecule has 0 saturated heterocycles. The minimum atomic E-state index is -0.531. The first-order chi connectivity index (χ1) is 12.6. The second kappa shape index (κ2) is 8.21. The summed E-state index contributed by atoms with van der Waals surface area (Å²) in [5, 5.41) is 17.8. The smallest absolute Gasteiger partial charge is 0.353 e. The van der Waals surface area contributed by atoms with Gasteiger partial charge in [-0.2, -0.15) is 0 Å². The van der Waals surface area contributed by atoms with Crippen LogP contribution in [0.1, 0.15) is 6.42 Å². The summed E-state index contributed by atoms with van der Waals surface area (Å²) in [5.74, 6) is 0.589. The van der Waals surface area contributed by atoms with Crippen molar-refractivity contribution in [3.8, 4) is 0 Å². The first-order valence-electron chi connectivity index (χ1n) is 7.71. The molecule has 0 aromatic carbocycles. The van der Waals surface area contributed by atoms with E-state index in [9.17, 15) is 10.1 Å². The number of aromatic nitrogens is 5. The molecule has 3 heterocycles. The number of nitro groups is 1. The zero-order chi connectivity index (χ0) is 18.4. The molecule has 0 unspecified atom stereocenters. The topological polar surface area (TPSA) is 124 Å². The first kappa shape index (κ1) is 17.5. The minimum absolute atomic E-state index is 0.0527. The highest BCUT2D eigenvalue weighted by molar-refractivity contribution is 6.30. The van der Waals surface area contributed by atoms with Gasteiger partial charge in [-0.05, 0) is 18.6 Å². The van der Waals surface area contributed by atoms with Crippen molar-refractivity contribution in [2.45, 2.75) is 13.0 Å². The molecule has 0 fully saturated rings. The van der Waals surface area contributed by atoms with E-state index in [4.69, 9.17) is 11.6 Å². The van der Waals surface area contributed by atoms with E-state index in [0.29, 0.717) is 17.4 Å². The Balaban J connectivity index is 1.70. The Kier molecular flexibility index (Phi) is 5.54. The van der Waals surface area contributed by atoms with E-state index in [1.54, 1.807) is 24.7 Å². The molecule has 11 heteroatoms. The number of anilines is 3. The number of pyridine rings is 1. The zero-order valence-corrected chi connectivity index (χ0v) is 14.3. The molecule has 0 aliphatic carbocycles. The van der Waals surface area contributed by atoms with Gasteiger partial charge < -0.3 is 15.2 Å². The van der Waals surface area contributed by atoms with Crippen molar-refractivity contribution < 1.29 is 4.92 Å². The number of halogens is 1. The van der Waals surface area contributed by atoms with Crippen molar-refractivity contribution in [3.63, 3.8) is 0 Å². The molecule has 0 radical (unpaired) electrons. The minimum Gasteiger partial charge on any atom is -0.364 e. The number of aryl methyl sites for hydroxylation is 1. The van der Waals surface area contributed by atoms with Crippen LogP contribution in [0.2, 0.25) is 5.02 Å². The molecule has 134 valence electrons. The average Bonchev–Trinajstić information content (AvgIpc) is 3.14. The number of imidazole rings is 1. The van der Waals surface area contributed by atoms with Gasteiger partial charge in [0.15, 0.2) is 0 Å². The lowest BCUT2D eigenvalue weighted by molar-refractivity contribution is -0.383. The zero-order valence-electron chi connectivity index (χ0n) is 13.5. The summed E-state index contributed by atoms with van der Waals surface area (Å²) >= 11 is 5.79. The van der Waals surface area contributed by atoms with Crippen LogP contribution in [0.25, 0.3) is 0 Å². The predicted octanol–water partition coefficient (Wildman–Crippen LogP) is 2.88. The maximum atomic E-state index is 11.5. The van der Waals surface area contributed by atoms with Gasteiger partial charge in [-0.15, -0.1) is 0 Å². The van der Waals surface area contributed by atoms with Crippen LogP contribution in [0.3, 0.4) is 0 Å². The maximum absolute atomic E-state index is 11.5. The molecule has 0 aliphatic rings. The third-order valence-electron chi connectivity index (χ3n) is 3.42. The molecular formula is C15H15ClN8O2. The second-order valence-corrected chi connectivity index (χ2v) is 5.68. The Morgan fingerprint density at radius 3 is 2.77 bits per heavy atom. The fraction of sp³-hybridized carbons (Fsp3) is 0.200. The fourth-order valence-corrected chi connectivity index (χ4v) is 2.34. The van der Waals surface area contributed by atoms with Gasteiger partial charge >= 0.3 is 5.69 Å². The second-order valence-electron chi connectivity index (χ2n) is 5.24. The first-order valence-corrected chi connectivity index (χ1v) is 8.09. The van der Waals surface area contributed by atoms with Gasteiger partial charge in [-0.25, -0.2) is 19.9 Å². The van der Waals surface area contributed by atoms with Gasteiger partial charge in [0.2, 0.25) is 11.6 Å². The molecule has 26 heavy (non-hydrogen) atoms. The molecule has 3 rings (SSSR count). The lowest BCUT2D eigenvalue weighted by Crippen LogP contribution is -2.11. The van der Waals surface area contributed by atoms with E-state index in [1.807, 2.05) is 10.8 Å². The Morgan fingerprint density at radius 2 is 2.08 bits per heavy atom. The Hall–Kier alpha value is -3.27. The summed E-state index contributed by atoms with van der Waals surface area (Å²) in [5.41, 5.74) is -0.244. The quantitative estimate of drug-likeness (QED) is 0.350. The summed E-state index contributed by atoms with van der Waals surface area (Å²) in [7, 11) is 0. The molecular weight excluding hydrogens is 360 g/mol. The van der Waals surface area contributed by atoms with Gasteiger partial charge in [-0.3, -0.25) is 10.1 Å². The molecule has 0 atom stereocenters. The molecule has 0 bridgehead atoms. The number of hydrogen-bond donors (Lipinski definition) is 2. The molecule has 0 saturated carbocycles. The fourth-order valence-electron chi connectivity index (χ4n) is 2.23. The maximum Gasteiger partial charge on any atom is 0.353 e. The Morgan fingerprint density at radius 1 is 1.23 bits per heavy atom. The summed E-state index contributed by atoms with van der Waals surface area (Å²) in [6, 6.07) is 3.23. The lowest BCUT2D eigenvalue weighted by atomic mass is 10.3. The van der Waals surface area contributed by atoms with Crippen LogP contribution in [-0.2, 0) is 6.54 Å². The monoisotopic (exact) mass is 374 g/mol. The number of rotatable bonds is 8. The largest absolute Gasteiger partial charge is 0.364 e. The third-order valence-corrected chi connectivity index (χ3v) is 3.65. The van der Waals surface area contributed by atoms with Crippen molar-refractivity contribution in [1.82, 2.24) is 24.5 Å². The van der Waals surface area contributed by atoms with E-state index in [0.717, 1.165) is 13.0 Å². The number of hydrogen-bond acceptors (Lipinski definition) is 8. The number of nitrogens with zero attached hydrogens (tertiary/aromatic N) is 6. The van der Waals surface area contributed by atoms with Crippen molar-refractivity contribution in [2.24, 2.45) is 0 Å². The standard InChI is InChI=1S/C15H15ClN8O2/c16-11-2-3-12(19-8-11)22-15-13(24(25)26)14(20-9-21-15)18-4-1-6-23-7-5-17-10-23/h2-3,5,7-10H,1,4,6H2,(H2,18,19,20,21,22). The molecule has 3 aromatic rings. The van der Waals surface area contributed by atoms with Gasteiger partial charge in [0.05, 0.1) is 16.3 Å². The van der Waals surface area contributed by atoms with E-state index in [2.05, 4.69) is 30.6 Å². The van der Waals surface area contributed by atoms with Crippen LogP contribution >= 0.6 is 11.6 Å². The predicted molar refractivity (Wildman–Crippen MR) is 96.5 cm³/mol. The molecule has 10 nitrogen and oxygen atoms in total. The van der Waals surface area contributed by atoms with Crippen LogP contribution in [-0.4, -0.2) is 36.0 Å². The van der Waals surface area contributed by atoms with Gasteiger partial charge in [-0.1, -0.05) is 11.6 Å². The molecule has 0 aliphatic heterocycles. The van der Waals surface area contributed by atoms with Crippen LogP contribution in [0.4, 0.5) is 23.1 Å². The summed E-state index contributed by atoms with van der Waals surface area (Å²) in [6.45, 7) is 1.25. The van der Waals surface area contributed by atoms with Crippen LogP contribution in [0.5, 0.6) is 0 Å². The third kappa shape index (κ3) is 4.42.